The highest BCUT2D eigenvalue weighted by Crippen LogP contribution is 2.33. The van der Waals surface area contributed by atoms with Crippen LogP contribution in [-0.2, 0) is 6.42 Å². The summed E-state index contributed by atoms with van der Waals surface area (Å²) in [5, 5.41) is 10.4. The lowest BCUT2D eigenvalue weighted by atomic mass is 9.78. The maximum Gasteiger partial charge on any atom is 0.169 e. The summed E-state index contributed by atoms with van der Waals surface area (Å²) in [7, 11) is 0. The molecule has 0 aromatic heterocycles. The van der Waals surface area contributed by atoms with E-state index in [2.05, 4.69) is 0 Å². The zero-order valence-electron chi connectivity index (χ0n) is 10.6. The molecule has 3 rings (SSSR count). The molecule has 0 saturated carbocycles. The van der Waals surface area contributed by atoms with E-state index in [0.29, 0.717) is 6.42 Å². The SMILES string of the molecule is O=C1c2ccccc2CC[C@H]1[C@@H](O)c1ccccc1. The lowest BCUT2D eigenvalue weighted by Crippen LogP contribution is -2.28. The van der Waals surface area contributed by atoms with E-state index in [-0.39, 0.29) is 11.7 Å². The predicted molar refractivity (Wildman–Crippen MR) is 74.0 cm³/mol. The molecule has 0 radical (unpaired) electrons. The van der Waals surface area contributed by atoms with Crippen LogP contribution in [0.4, 0.5) is 0 Å². The molecule has 0 aliphatic heterocycles. The average molecular weight is 252 g/mol. The molecule has 96 valence electrons. The number of hydrogen-bond donors (Lipinski definition) is 1. The highest BCUT2D eigenvalue weighted by atomic mass is 16.3. The van der Waals surface area contributed by atoms with Crippen LogP contribution in [0.2, 0.25) is 0 Å². The number of fused-ring (bicyclic) bond motifs is 1. The number of aryl methyl sites for hydroxylation is 1. The van der Waals surface area contributed by atoms with Gasteiger partial charge < -0.3 is 5.11 Å². The molecule has 0 heterocycles. The molecular weight excluding hydrogens is 236 g/mol. The quantitative estimate of drug-likeness (QED) is 0.891. The van der Waals surface area contributed by atoms with E-state index in [1.165, 1.54) is 0 Å². The van der Waals surface area contributed by atoms with Gasteiger partial charge in [-0.1, -0.05) is 54.6 Å². The molecule has 1 aliphatic carbocycles. The van der Waals surface area contributed by atoms with Gasteiger partial charge in [-0.25, -0.2) is 0 Å². The lowest BCUT2D eigenvalue weighted by Gasteiger charge is -2.27. The zero-order chi connectivity index (χ0) is 13.2. The number of ketones is 1. The molecule has 2 aromatic rings. The van der Waals surface area contributed by atoms with Crippen molar-refractivity contribution < 1.29 is 9.90 Å². The van der Waals surface area contributed by atoms with Crippen molar-refractivity contribution in [2.24, 2.45) is 5.92 Å². The van der Waals surface area contributed by atoms with Crippen LogP contribution in [0.25, 0.3) is 0 Å². The molecule has 0 bridgehead atoms. The zero-order valence-corrected chi connectivity index (χ0v) is 10.6. The van der Waals surface area contributed by atoms with Gasteiger partial charge in [0.1, 0.15) is 0 Å². The summed E-state index contributed by atoms with van der Waals surface area (Å²) in [4.78, 5) is 12.5. The van der Waals surface area contributed by atoms with Crippen LogP contribution in [0.15, 0.2) is 54.6 Å². The summed E-state index contributed by atoms with van der Waals surface area (Å²) in [6.07, 6.45) is 0.865. The van der Waals surface area contributed by atoms with E-state index in [1.807, 2.05) is 54.6 Å². The second-order valence-corrected chi connectivity index (χ2v) is 5.02. The summed E-state index contributed by atoms with van der Waals surface area (Å²) in [5.41, 5.74) is 2.69. The number of hydrogen-bond acceptors (Lipinski definition) is 2. The van der Waals surface area contributed by atoms with Gasteiger partial charge in [0.25, 0.3) is 0 Å². The molecule has 0 amide bonds. The topological polar surface area (TPSA) is 37.3 Å². The first-order chi connectivity index (χ1) is 9.27. The standard InChI is InChI=1S/C17H16O2/c18-16(13-7-2-1-3-8-13)15-11-10-12-6-4-5-9-14(12)17(15)19/h1-9,15-16,18H,10-11H2/t15-,16-/m0/s1. The van der Waals surface area contributed by atoms with Crippen molar-refractivity contribution in [1.82, 2.24) is 0 Å². The fourth-order valence-electron chi connectivity index (χ4n) is 2.80. The van der Waals surface area contributed by atoms with E-state index < -0.39 is 6.10 Å². The largest absolute Gasteiger partial charge is 0.388 e. The Bertz CT molecular complexity index is 589. The Morgan fingerprint density at radius 3 is 2.47 bits per heavy atom. The molecule has 1 aliphatic rings. The number of Topliss-reactive ketones (excluding diaryl/α,β-unsaturated/α-hetero) is 1. The molecule has 0 spiro atoms. The first-order valence-corrected chi connectivity index (χ1v) is 6.62. The lowest BCUT2D eigenvalue weighted by molar-refractivity contribution is 0.0638. The van der Waals surface area contributed by atoms with Crippen LogP contribution in [0.5, 0.6) is 0 Å². The van der Waals surface area contributed by atoms with Crippen LogP contribution in [0.3, 0.4) is 0 Å². The maximum atomic E-state index is 12.5. The van der Waals surface area contributed by atoms with E-state index >= 15 is 0 Å². The summed E-state index contributed by atoms with van der Waals surface area (Å²) < 4.78 is 0. The first kappa shape index (κ1) is 12.1. The Kier molecular flexibility index (Phi) is 3.18. The van der Waals surface area contributed by atoms with Gasteiger partial charge in [0.15, 0.2) is 5.78 Å². The first-order valence-electron chi connectivity index (χ1n) is 6.62. The third kappa shape index (κ3) is 2.20. The van der Waals surface area contributed by atoms with Gasteiger partial charge in [-0.2, -0.15) is 0 Å². The molecule has 2 atom stereocenters. The van der Waals surface area contributed by atoms with E-state index in [1.54, 1.807) is 0 Å². The number of aliphatic hydroxyl groups is 1. The van der Waals surface area contributed by atoms with Crippen molar-refractivity contribution in [2.75, 3.05) is 0 Å². The second kappa shape index (κ2) is 4.98. The monoisotopic (exact) mass is 252 g/mol. The van der Waals surface area contributed by atoms with Crippen LogP contribution < -0.4 is 0 Å². The van der Waals surface area contributed by atoms with Gasteiger partial charge >= 0.3 is 0 Å². The minimum atomic E-state index is -0.706. The van der Waals surface area contributed by atoms with Crippen molar-refractivity contribution in [2.45, 2.75) is 18.9 Å². The Hall–Kier alpha value is -1.93. The third-order valence-electron chi connectivity index (χ3n) is 3.87. The van der Waals surface area contributed by atoms with E-state index in [4.69, 9.17) is 0 Å². The van der Waals surface area contributed by atoms with Crippen molar-refractivity contribution in [3.8, 4) is 0 Å². The van der Waals surface area contributed by atoms with Crippen molar-refractivity contribution in [3.05, 3.63) is 71.3 Å². The van der Waals surface area contributed by atoms with Crippen molar-refractivity contribution in [3.63, 3.8) is 0 Å². The van der Waals surface area contributed by atoms with Crippen LogP contribution in [-0.4, -0.2) is 10.9 Å². The maximum absolute atomic E-state index is 12.5. The molecule has 0 fully saturated rings. The van der Waals surface area contributed by atoms with Crippen LogP contribution in [0, 0.1) is 5.92 Å². The van der Waals surface area contributed by atoms with Gasteiger partial charge in [0.05, 0.1) is 12.0 Å². The molecule has 19 heavy (non-hydrogen) atoms. The number of carbonyl (C=O) groups is 1. The minimum Gasteiger partial charge on any atom is -0.388 e. The molecule has 1 N–H and O–H groups in total. The number of benzene rings is 2. The predicted octanol–water partition coefficient (Wildman–Crippen LogP) is 3.17. The molecule has 2 heteroatoms. The normalized spacial score (nSPS) is 19.8. The van der Waals surface area contributed by atoms with Crippen LogP contribution >= 0.6 is 0 Å². The van der Waals surface area contributed by atoms with Crippen molar-refractivity contribution >= 4 is 5.78 Å². The molecule has 0 unspecified atom stereocenters. The van der Waals surface area contributed by atoms with Crippen LogP contribution in [0.1, 0.15) is 34.0 Å². The van der Waals surface area contributed by atoms with Gasteiger partial charge in [0, 0.05) is 5.56 Å². The summed E-state index contributed by atoms with van der Waals surface area (Å²) >= 11 is 0. The average Bonchev–Trinajstić information content (AvgIpc) is 2.48. The Balaban J connectivity index is 1.90. The second-order valence-electron chi connectivity index (χ2n) is 5.02. The summed E-state index contributed by atoms with van der Waals surface area (Å²) in [6, 6.07) is 17.1. The fourth-order valence-corrected chi connectivity index (χ4v) is 2.80. The Labute approximate surface area is 112 Å². The van der Waals surface area contributed by atoms with E-state index in [9.17, 15) is 9.90 Å². The van der Waals surface area contributed by atoms with E-state index in [0.717, 1.165) is 23.1 Å². The number of rotatable bonds is 2. The summed E-state index contributed by atoms with van der Waals surface area (Å²) in [5.74, 6) is -0.254. The Morgan fingerprint density at radius 1 is 1.00 bits per heavy atom. The Morgan fingerprint density at radius 2 is 1.68 bits per heavy atom. The summed E-state index contributed by atoms with van der Waals surface area (Å²) in [6.45, 7) is 0. The van der Waals surface area contributed by atoms with Gasteiger partial charge in [-0.05, 0) is 24.0 Å². The van der Waals surface area contributed by atoms with Crippen molar-refractivity contribution in [1.29, 1.82) is 0 Å². The highest BCUT2D eigenvalue weighted by Gasteiger charge is 2.32. The minimum absolute atomic E-state index is 0.0678. The molecular formula is C17H16O2. The highest BCUT2D eigenvalue weighted by molar-refractivity contribution is 6.00. The smallest absolute Gasteiger partial charge is 0.169 e. The van der Waals surface area contributed by atoms with Gasteiger partial charge in [-0.3, -0.25) is 4.79 Å². The number of carbonyl (C=O) groups excluding carboxylic acids is 1. The van der Waals surface area contributed by atoms with Gasteiger partial charge in [0.2, 0.25) is 0 Å². The van der Waals surface area contributed by atoms with Gasteiger partial charge in [-0.15, -0.1) is 0 Å². The molecule has 2 nitrogen and oxygen atoms in total. The molecule has 2 aromatic carbocycles. The molecule has 0 saturated heterocycles. The fraction of sp³-hybridized carbons (Fsp3) is 0.235. The number of aliphatic hydroxyl groups excluding tert-OH is 1. The third-order valence-corrected chi connectivity index (χ3v) is 3.87.